The van der Waals surface area contributed by atoms with E-state index in [1.165, 1.54) is 24.4 Å². The fourth-order valence-corrected chi connectivity index (χ4v) is 3.66. The molecule has 7 heteroatoms. The molecule has 0 fully saturated rings. The van der Waals surface area contributed by atoms with Gasteiger partial charge in [0, 0.05) is 22.7 Å². The zero-order valence-corrected chi connectivity index (χ0v) is 13.7. The fraction of sp³-hybridized carbons (Fsp3) is 0.0625. The highest BCUT2D eigenvalue weighted by Crippen LogP contribution is 2.24. The summed E-state index contributed by atoms with van der Waals surface area (Å²) in [6, 6.07) is 12.5. The zero-order chi connectivity index (χ0) is 16.6. The van der Waals surface area contributed by atoms with Crippen molar-refractivity contribution in [1.29, 1.82) is 0 Å². The van der Waals surface area contributed by atoms with Crippen molar-refractivity contribution in [2.45, 2.75) is 11.8 Å². The molecular weight excluding hydrogens is 336 g/mol. The van der Waals surface area contributed by atoms with Crippen LogP contribution in [0.25, 0.3) is 10.9 Å². The smallest absolute Gasteiger partial charge is 0.330 e. The number of aromatic nitrogens is 1. The molecule has 1 heterocycles. The van der Waals surface area contributed by atoms with E-state index in [4.69, 9.17) is 11.6 Å². The number of nitrogens with one attached hydrogen (secondary N) is 1. The summed E-state index contributed by atoms with van der Waals surface area (Å²) in [7, 11) is -4.15. The summed E-state index contributed by atoms with van der Waals surface area (Å²) in [5.41, 5.74) is 1.21. The second-order valence-electron chi connectivity index (χ2n) is 5.13. The molecule has 0 aliphatic carbocycles. The van der Waals surface area contributed by atoms with Crippen LogP contribution < -0.4 is 4.47 Å². The van der Waals surface area contributed by atoms with E-state index in [1.54, 1.807) is 30.3 Å². The lowest BCUT2D eigenvalue weighted by Crippen LogP contribution is -3.04. The lowest BCUT2D eigenvalue weighted by molar-refractivity contribution is -0.623. The number of quaternary nitrogens is 1. The van der Waals surface area contributed by atoms with E-state index in [-0.39, 0.29) is 15.6 Å². The molecule has 3 rings (SSSR count). The van der Waals surface area contributed by atoms with Gasteiger partial charge in [0.15, 0.2) is 5.69 Å². The van der Waals surface area contributed by atoms with Gasteiger partial charge in [-0.1, -0.05) is 35.4 Å². The number of nitrogens with zero attached hydrogens (tertiary/aromatic N) is 1. The predicted molar refractivity (Wildman–Crippen MR) is 89.1 cm³/mol. The monoisotopic (exact) mass is 348 g/mol. The van der Waals surface area contributed by atoms with Crippen LogP contribution in [0.15, 0.2) is 59.6 Å². The summed E-state index contributed by atoms with van der Waals surface area (Å²) >= 11 is 6.01. The molecule has 0 radical (unpaired) electrons. The maximum atomic E-state index is 12.6. The molecule has 1 atom stereocenters. The highest BCUT2D eigenvalue weighted by Gasteiger charge is 2.26. The Morgan fingerprint density at radius 2 is 1.83 bits per heavy atom. The Hall–Kier alpha value is -1.99. The van der Waals surface area contributed by atoms with Crippen molar-refractivity contribution in [1.82, 2.24) is 4.98 Å². The first kappa shape index (κ1) is 15.9. The zero-order valence-electron chi connectivity index (χ0n) is 12.2. The Balaban J connectivity index is 2.16. The van der Waals surface area contributed by atoms with E-state index in [0.29, 0.717) is 10.9 Å². The third kappa shape index (κ3) is 2.94. The Kier molecular flexibility index (Phi) is 4.08. The molecule has 0 saturated carbocycles. The van der Waals surface area contributed by atoms with E-state index >= 15 is 0 Å². The average molecular weight is 349 g/mol. The number of sulfonamides is 1. The number of hydrogen-bond donors (Lipinski definition) is 1. The molecule has 0 amide bonds. The van der Waals surface area contributed by atoms with Crippen molar-refractivity contribution in [3.05, 3.63) is 70.5 Å². The maximum absolute atomic E-state index is 12.6. The van der Waals surface area contributed by atoms with Gasteiger partial charge in [-0.15, -0.1) is 0 Å². The Morgan fingerprint density at radius 1 is 1.13 bits per heavy atom. The van der Waals surface area contributed by atoms with Crippen LogP contribution in [-0.2, 0) is 10.0 Å². The quantitative estimate of drug-likeness (QED) is 0.738. The van der Waals surface area contributed by atoms with Crippen molar-refractivity contribution in [3.63, 3.8) is 0 Å². The highest BCUT2D eigenvalue weighted by atomic mass is 35.5. The molecule has 0 saturated heterocycles. The first-order chi connectivity index (χ1) is 10.9. The van der Waals surface area contributed by atoms with Gasteiger partial charge in [0.1, 0.15) is 10.4 Å². The molecule has 0 aliphatic rings. The normalized spacial score (nSPS) is 13.2. The largest absolute Gasteiger partial charge is 0.612 e. The maximum Gasteiger partial charge on any atom is 0.330 e. The third-order valence-electron chi connectivity index (χ3n) is 3.46. The molecular formula is C16H13ClN2O3S. The van der Waals surface area contributed by atoms with E-state index in [2.05, 4.69) is 4.98 Å². The minimum absolute atomic E-state index is 0.0197. The standard InChI is InChI=1S/C16H13ClN2O3S/c1-11-4-6-14(7-5-11)23(21,22)19(20)15-10-13(17)9-12-3-2-8-18-16(12)15/h2-10,19H,1H3. The van der Waals surface area contributed by atoms with Crippen LogP contribution in [0, 0.1) is 12.1 Å². The number of fused-ring (bicyclic) bond motifs is 1. The van der Waals surface area contributed by atoms with Gasteiger partial charge in [-0.05, 0) is 31.2 Å². The highest BCUT2D eigenvalue weighted by molar-refractivity contribution is 7.85. The number of hydrogen-bond acceptors (Lipinski definition) is 4. The van der Waals surface area contributed by atoms with Crippen LogP contribution in [-0.4, -0.2) is 13.4 Å². The van der Waals surface area contributed by atoms with Crippen molar-refractivity contribution in [3.8, 4) is 0 Å². The van der Waals surface area contributed by atoms with Gasteiger partial charge in [-0.2, -0.15) is 8.42 Å². The molecule has 1 aromatic heterocycles. The predicted octanol–water partition coefficient (Wildman–Crippen LogP) is 2.60. The molecule has 3 aromatic rings. The first-order valence-electron chi connectivity index (χ1n) is 6.80. The third-order valence-corrected chi connectivity index (χ3v) is 5.28. The van der Waals surface area contributed by atoms with Gasteiger partial charge in [0.05, 0.1) is 0 Å². The molecule has 118 valence electrons. The minimum atomic E-state index is -4.15. The molecule has 2 aromatic carbocycles. The van der Waals surface area contributed by atoms with Gasteiger partial charge < -0.3 is 5.21 Å². The molecule has 0 spiro atoms. The van der Waals surface area contributed by atoms with Crippen LogP contribution in [0.3, 0.4) is 0 Å². The van der Waals surface area contributed by atoms with Gasteiger partial charge in [0.25, 0.3) is 0 Å². The Morgan fingerprint density at radius 3 is 2.52 bits per heavy atom. The molecule has 5 nitrogen and oxygen atoms in total. The van der Waals surface area contributed by atoms with Gasteiger partial charge in [0.2, 0.25) is 0 Å². The van der Waals surface area contributed by atoms with Crippen molar-refractivity contribution >= 4 is 38.2 Å². The summed E-state index contributed by atoms with van der Waals surface area (Å²) in [5.74, 6) is 0. The number of pyridine rings is 1. The van der Waals surface area contributed by atoms with Crippen molar-refractivity contribution in [2.75, 3.05) is 0 Å². The minimum Gasteiger partial charge on any atom is -0.612 e. The topological polar surface area (TPSA) is 74.5 Å². The van der Waals surface area contributed by atoms with Crippen LogP contribution in [0.4, 0.5) is 5.69 Å². The fourth-order valence-electron chi connectivity index (χ4n) is 2.28. The van der Waals surface area contributed by atoms with Gasteiger partial charge >= 0.3 is 10.0 Å². The Bertz CT molecular complexity index is 972. The average Bonchev–Trinajstić information content (AvgIpc) is 2.53. The SMILES string of the molecule is Cc1ccc(S(=O)(=O)[NH+]([O-])c2cc(Cl)cc3cccnc23)cc1. The number of aryl methyl sites for hydroxylation is 1. The summed E-state index contributed by atoms with van der Waals surface area (Å²) in [6.07, 6.45) is 1.51. The second-order valence-corrected chi connectivity index (χ2v) is 7.42. The Labute approximate surface area is 138 Å². The molecule has 1 unspecified atom stereocenters. The lowest BCUT2D eigenvalue weighted by atomic mass is 10.2. The van der Waals surface area contributed by atoms with Crippen LogP contribution in [0.2, 0.25) is 5.02 Å². The summed E-state index contributed by atoms with van der Waals surface area (Å²) in [6.45, 7) is 1.84. The molecule has 1 N–H and O–H groups in total. The van der Waals surface area contributed by atoms with E-state index in [1.807, 2.05) is 6.92 Å². The molecule has 0 aliphatic heterocycles. The molecule has 23 heavy (non-hydrogen) atoms. The first-order valence-corrected chi connectivity index (χ1v) is 8.66. The van der Waals surface area contributed by atoms with Crippen LogP contribution in [0.5, 0.6) is 0 Å². The van der Waals surface area contributed by atoms with Crippen molar-refractivity contribution in [2.24, 2.45) is 0 Å². The van der Waals surface area contributed by atoms with Gasteiger partial charge in [-0.25, -0.2) is 9.45 Å². The second kappa shape index (κ2) is 5.90. The lowest BCUT2D eigenvalue weighted by Gasteiger charge is -2.22. The van der Waals surface area contributed by atoms with E-state index < -0.39 is 14.5 Å². The summed E-state index contributed by atoms with van der Waals surface area (Å²) < 4.78 is 24.2. The van der Waals surface area contributed by atoms with E-state index in [9.17, 15) is 13.6 Å². The van der Waals surface area contributed by atoms with Gasteiger partial charge in [-0.3, -0.25) is 0 Å². The van der Waals surface area contributed by atoms with Crippen LogP contribution >= 0.6 is 11.6 Å². The van der Waals surface area contributed by atoms with E-state index in [0.717, 1.165) is 5.56 Å². The number of benzene rings is 2. The number of halogens is 1. The summed E-state index contributed by atoms with van der Waals surface area (Å²) in [4.78, 5) is 4.08. The number of rotatable bonds is 3. The molecule has 0 bridgehead atoms. The summed E-state index contributed by atoms with van der Waals surface area (Å²) in [5, 5.41) is 13.5. The van der Waals surface area contributed by atoms with Crippen molar-refractivity contribution < 1.29 is 12.9 Å². The van der Waals surface area contributed by atoms with Crippen LogP contribution in [0.1, 0.15) is 5.56 Å².